The molecule has 120 valence electrons. The van der Waals surface area contributed by atoms with Crippen LogP contribution >= 0.6 is 0 Å². The lowest BCUT2D eigenvalue weighted by molar-refractivity contribution is 0.0893. The molecule has 0 aromatic carbocycles. The second-order valence-electron chi connectivity index (χ2n) is 7.69. The van der Waals surface area contributed by atoms with Crippen LogP contribution in [0.25, 0.3) is 0 Å². The van der Waals surface area contributed by atoms with E-state index in [0.717, 1.165) is 5.69 Å². The highest BCUT2D eigenvalue weighted by molar-refractivity contribution is 5.92. The van der Waals surface area contributed by atoms with E-state index in [0.29, 0.717) is 18.7 Å². The Labute approximate surface area is 127 Å². The van der Waals surface area contributed by atoms with Crippen molar-refractivity contribution < 1.29 is 9.90 Å². The van der Waals surface area contributed by atoms with Crippen molar-refractivity contribution in [1.82, 2.24) is 15.1 Å². The van der Waals surface area contributed by atoms with Crippen LogP contribution in [0.5, 0.6) is 0 Å². The summed E-state index contributed by atoms with van der Waals surface area (Å²) in [4.78, 5) is 12.3. The van der Waals surface area contributed by atoms with Crippen molar-refractivity contribution in [2.75, 3.05) is 6.54 Å². The van der Waals surface area contributed by atoms with Crippen LogP contribution in [-0.2, 0) is 12.5 Å². The minimum atomic E-state index is -0.374. The van der Waals surface area contributed by atoms with Crippen LogP contribution in [0.4, 0.5) is 0 Å². The largest absolute Gasteiger partial charge is 0.393 e. The average molecular weight is 295 g/mol. The van der Waals surface area contributed by atoms with E-state index >= 15 is 0 Å². The van der Waals surface area contributed by atoms with Gasteiger partial charge in [-0.15, -0.1) is 0 Å². The summed E-state index contributed by atoms with van der Waals surface area (Å²) in [7, 11) is 1.78. The van der Waals surface area contributed by atoms with Crippen LogP contribution in [0.2, 0.25) is 0 Å². The molecule has 1 atom stereocenters. The Bertz CT molecular complexity index is 496. The van der Waals surface area contributed by atoms with Gasteiger partial charge < -0.3 is 10.4 Å². The molecule has 1 amide bonds. The van der Waals surface area contributed by atoms with Crippen molar-refractivity contribution >= 4 is 5.91 Å². The molecule has 2 N–H and O–H groups in total. The fourth-order valence-electron chi connectivity index (χ4n) is 2.33. The molecule has 1 unspecified atom stereocenters. The van der Waals surface area contributed by atoms with Gasteiger partial charge in [-0.05, 0) is 24.8 Å². The molecule has 0 radical (unpaired) electrons. The molecule has 0 aliphatic heterocycles. The summed E-state index contributed by atoms with van der Waals surface area (Å²) < 4.78 is 1.62. The highest BCUT2D eigenvalue weighted by atomic mass is 16.3. The molecule has 0 saturated heterocycles. The van der Waals surface area contributed by atoms with Gasteiger partial charge in [-0.25, -0.2) is 0 Å². The van der Waals surface area contributed by atoms with E-state index in [1.165, 1.54) is 0 Å². The zero-order valence-electron chi connectivity index (χ0n) is 14.3. The van der Waals surface area contributed by atoms with Gasteiger partial charge in [0.1, 0.15) is 5.69 Å². The van der Waals surface area contributed by atoms with Gasteiger partial charge in [0.2, 0.25) is 0 Å². The number of hydrogen-bond donors (Lipinski definition) is 2. The SMILES string of the molecule is CC(O)CC(C)(C)CNC(=O)c1cc(C(C)(C)C)nn1C. The first kappa shape index (κ1) is 17.7. The maximum absolute atomic E-state index is 12.3. The molecule has 0 aliphatic carbocycles. The van der Waals surface area contributed by atoms with Crippen LogP contribution in [0, 0.1) is 5.41 Å². The Balaban J connectivity index is 2.75. The number of amides is 1. The number of nitrogens with zero attached hydrogens (tertiary/aromatic N) is 2. The summed E-state index contributed by atoms with van der Waals surface area (Å²) in [6, 6.07) is 1.84. The summed E-state index contributed by atoms with van der Waals surface area (Å²) in [6.07, 6.45) is 0.271. The minimum Gasteiger partial charge on any atom is -0.393 e. The number of carbonyl (C=O) groups is 1. The second-order valence-corrected chi connectivity index (χ2v) is 7.69. The molecular formula is C16H29N3O2. The Morgan fingerprint density at radius 3 is 2.38 bits per heavy atom. The first-order valence-electron chi connectivity index (χ1n) is 7.43. The second kappa shape index (κ2) is 6.18. The van der Waals surface area contributed by atoms with Crippen molar-refractivity contribution in [1.29, 1.82) is 0 Å². The molecular weight excluding hydrogens is 266 g/mol. The third-order valence-corrected chi connectivity index (χ3v) is 3.46. The number of aromatic nitrogens is 2. The standard InChI is InChI=1S/C16H29N3O2/c1-11(20)9-16(5,6)10-17-14(21)12-8-13(15(2,3)4)18-19(12)7/h8,11,20H,9-10H2,1-7H3,(H,17,21). The predicted molar refractivity (Wildman–Crippen MR) is 84.3 cm³/mol. The van der Waals surface area contributed by atoms with Crippen LogP contribution < -0.4 is 5.32 Å². The maximum atomic E-state index is 12.3. The zero-order valence-corrected chi connectivity index (χ0v) is 14.3. The smallest absolute Gasteiger partial charge is 0.269 e. The summed E-state index contributed by atoms with van der Waals surface area (Å²) in [5.41, 5.74) is 1.24. The zero-order chi connectivity index (χ0) is 16.4. The van der Waals surface area contributed by atoms with Gasteiger partial charge in [0, 0.05) is 19.0 Å². The number of hydrogen-bond acceptors (Lipinski definition) is 3. The molecule has 1 heterocycles. The maximum Gasteiger partial charge on any atom is 0.269 e. The van der Waals surface area contributed by atoms with E-state index in [-0.39, 0.29) is 22.8 Å². The number of aryl methyl sites for hydroxylation is 1. The monoisotopic (exact) mass is 295 g/mol. The first-order chi connectivity index (χ1) is 9.42. The van der Waals surface area contributed by atoms with Crippen LogP contribution in [-0.4, -0.2) is 33.4 Å². The number of nitrogens with one attached hydrogen (secondary N) is 1. The van der Waals surface area contributed by atoms with Gasteiger partial charge >= 0.3 is 0 Å². The number of aliphatic hydroxyl groups excluding tert-OH is 1. The molecule has 5 heteroatoms. The molecule has 5 nitrogen and oxygen atoms in total. The summed E-state index contributed by atoms with van der Waals surface area (Å²) in [5, 5.41) is 16.8. The van der Waals surface area contributed by atoms with E-state index in [1.807, 2.05) is 19.9 Å². The normalized spacial score (nSPS) is 14.1. The number of carbonyl (C=O) groups excluding carboxylic acids is 1. The van der Waals surface area contributed by atoms with Crippen molar-refractivity contribution in [2.45, 2.75) is 59.5 Å². The van der Waals surface area contributed by atoms with E-state index < -0.39 is 0 Å². The fourth-order valence-corrected chi connectivity index (χ4v) is 2.33. The minimum absolute atomic E-state index is 0.0815. The molecule has 1 rings (SSSR count). The lowest BCUT2D eigenvalue weighted by Crippen LogP contribution is -2.36. The van der Waals surface area contributed by atoms with Crippen molar-refractivity contribution in [3.63, 3.8) is 0 Å². The van der Waals surface area contributed by atoms with Gasteiger partial charge in [0.25, 0.3) is 5.91 Å². The lowest BCUT2D eigenvalue weighted by Gasteiger charge is -2.26. The molecule has 0 bridgehead atoms. The topological polar surface area (TPSA) is 67.2 Å². The Hall–Kier alpha value is -1.36. The fraction of sp³-hybridized carbons (Fsp3) is 0.750. The average Bonchev–Trinajstić information content (AvgIpc) is 2.66. The van der Waals surface area contributed by atoms with E-state index in [4.69, 9.17) is 0 Å². The Morgan fingerprint density at radius 1 is 1.38 bits per heavy atom. The first-order valence-corrected chi connectivity index (χ1v) is 7.43. The predicted octanol–water partition coefficient (Wildman–Crippen LogP) is 2.24. The van der Waals surface area contributed by atoms with Crippen molar-refractivity contribution in [3.8, 4) is 0 Å². The van der Waals surface area contributed by atoms with Crippen LogP contribution in [0.15, 0.2) is 6.07 Å². The number of rotatable bonds is 5. The molecule has 0 spiro atoms. The molecule has 21 heavy (non-hydrogen) atoms. The molecule has 0 aliphatic rings. The van der Waals surface area contributed by atoms with E-state index in [2.05, 4.69) is 31.2 Å². The number of aliphatic hydroxyl groups is 1. The molecule has 0 saturated carbocycles. The van der Waals surface area contributed by atoms with Gasteiger partial charge in [0.05, 0.1) is 11.8 Å². The third kappa shape index (κ3) is 5.16. The van der Waals surface area contributed by atoms with Crippen LogP contribution in [0.1, 0.15) is 64.1 Å². The Kier molecular flexibility index (Phi) is 5.20. The van der Waals surface area contributed by atoms with E-state index in [1.54, 1.807) is 18.7 Å². The van der Waals surface area contributed by atoms with Crippen molar-refractivity contribution in [2.24, 2.45) is 12.5 Å². The van der Waals surface area contributed by atoms with Gasteiger partial charge in [-0.3, -0.25) is 9.48 Å². The van der Waals surface area contributed by atoms with Crippen LogP contribution in [0.3, 0.4) is 0 Å². The van der Waals surface area contributed by atoms with Gasteiger partial charge in [-0.2, -0.15) is 5.10 Å². The molecule has 0 fully saturated rings. The van der Waals surface area contributed by atoms with Gasteiger partial charge in [0.15, 0.2) is 0 Å². The molecule has 1 aromatic heterocycles. The van der Waals surface area contributed by atoms with Gasteiger partial charge in [-0.1, -0.05) is 34.6 Å². The van der Waals surface area contributed by atoms with E-state index in [9.17, 15) is 9.90 Å². The summed E-state index contributed by atoms with van der Waals surface area (Å²) in [5.74, 6) is -0.126. The Morgan fingerprint density at radius 2 is 1.95 bits per heavy atom. The summed E-state index contributed by atoms with van der Waals surface area (Å²) in [6.45, 7) is 12.6. The summed E-state index contributed by atoms with van der Waals surface area (Å²) >= 11 is 0. The lowest BCUT2D eigenvalue weighted by atomic mass is 9.87. The van der Waals surface area contributed by atoms with Crippen molar-refractivity contribution in [3.05, 3.63) is 17.5 Å². The highest BCUT2D eigenvalue weighted by Gasteiger charge is 2.24. The highest BCUT2D eigenvalue weighted by Crippen LogP contribution is 2.23. The third-order valence-electron chi connectivity index (χ3n) is 3.46. The molecule has 1 aromatic rings. The quantitative estimate of drug-likeness (QED) is 0.875.